The normalized spacial score (nSPS) is 16.6. The molecule has 0 aliphatic heterocycles. The van der Waals surface area contributed by atoms with E-state index in [4.69, 9.17) is 5.11 Å². The molecule has 0 saturated carbocycles. The van der Waals surface area contributed by atoms with Crippen LogP contribution in [0.1, 0.15) is 39.0 Å². The number of hydrogen-bond donors (Lipinski definition) is 4. The Morgan fingerprint density at radius 1 is 0.741 bits per heavy atom. The summed E-state index contributed by atoms with van der Waals surface area (Å²) in [5.74, 6) is -0.931. The molecule has 27 heavy (non-hydrogen) atoms. The van der Waals surface area contributed by atoms with Crippen molar-refractivity contribution in [2.45, 2.75) is 57.3 Å². The number of aliphatic hydroxyl groups excluding tert-OH is 3. The molecule has 0 radical (unpaired) electrons. The van der Waals surface area contributed by atoms with Gasteiger partial charge in [0.25, 0.3) is 0 Å². The third kappa shape index (κ3) is 18.4. The fourth-order valence-electron chi connectivity index (χ4n) is 1.93. The van der Waals surface area contributed by atoms with Crippen molar-refractivity contribution in [1.82, 2.24) is 0 Å². The number of carboxylic acids is 1. The number of aliphatic carboxylic acids is 1. The van der Waals surface area contributed by atoms with Crippen LogP contribution in [0.25, 0.3) is 0 Å². The zero-order chi connectivity index (χ0) is 20.3. The van der Waals surface area contributed by atoms with E-state index in [1.165, 1.54) is 6.08 Å². The molecule has 5 nitrogen and oxygen atoms in total. The van der Waals surface area contributed by atoms with E-state index >= 15 is 0 Å². The second-order valence-corrected chi connectivity index (χ2v) is 5.95. The molecular formula is C22H32O5. The first kappa shape index (κ1) is 24.8. The van der Waals surface area contributed by atoms with Gasteiger partial charge in [0.1, 0.15) is 0 Å². The maximum atomic E-state index is 10.4. The van der Waals surface area contributed by atoms with Crippen LogP contribution in [-0.2, 0) is 4.79 Å². The third-order valence-electron chi connectivity index (χ3n) is 3.39. The summed E-state index contributed by atoms with van der Waals surface area (Å²) in [4.78, 5) is 10.4. The van der Waals surface area contributed by atoms with Gasteiger partial charge in [-0.2, -0.15) is 0 Å². The Labute approximate surface area is 162 Å². The van der Waals surface area contributed by atoms with Crippen molar-refractivity contribution in [3.63, 3.8) is 0 Å². The Bertz CT molecular complexity index is 555. The van der Waals surface area contributed by atoms with Gasteiger partial charge in [0.2, 0.25) is 0 Å². The van der Waals surface area contributed by atoms with E-state index in [0.29, 0.717) is 12.8 Å². The lowest BCUT2D eigenvalue weighted by atomic mass is 10.2. The van der Waals surface area contributed by atoms with E-state index in [0.717, 1.165) is 6.42 Å². The summed E-state index contributed by atoms with van der Waals surface area (Å²) in [7, 11) is 0. The second kappa shape index (κ2) is 17.2. The Kier molecular flexibility index (Phi) is 15.8. The minimum Gasteiger partial charge on any atom is -0.481 e. The van der Waals surface area contributed by atoms with Gasteiger partial charge in [-0.25, -0.2) is 0 Å². The van der Waals surface area contributed by atoms with E-state index in [-0.39, 0.29) is 12.8 Å². The van der Waals surface area contributed by atoms with Crippen molar-refractivity contribution in [1.29, 1.82) is 0 Å². The maximum Gasteiger partial charge on any atom is 0.303 e. The number of carboxylic acid groups (broad SMARTS) is 1. The number of aliphatic hydroxyl groups is 3. The first-order valence-corrected chi connectivity index (χ1v) is 9.21. The van der Waals surface area contributed by atoms with Crippen LogP contribution in [-0.4, -0.2) is 44.7 Å². The van der Waals surface area contributed by atoms with Crippen LogP contribution in [0.2, 0.25) is 0 Å². The quantitative estimate of drug-likeness (QED) is 0.275. The zero-order valence-electron chi connectivity index (χ0n) is 15.9. The number of carbonyl (C=O) groups is 1. The molecule has 0 bridgehead atoms. The fourth-order valence-corrected chi connectivity index (χ4v) is 1.93. The average Bonchev–Trinajstić information content (AvgIpc) is 2.62. The van der Waals surface area contributed by atoms with E-state index in [9.17, 15) is 20.1 Å². The maximum absolute atomic E-state index is 10.4. The monoisotopic (exact) mass is 376 g/mol. The van der Waals surface area contributed by atoms with Crippen LogP contribution >= 0.6 is 0 Å². The molecule has 0 spiro atoms. The molecule has 0 fully saturated rings. The highest BCUT2D eigenvalue weighted by Gasteiger charge is 2.02. The fraction of sp³-hybridized carbons (Fsp3) is 0.409. The largest absolute Gasteiger partial charge is 0.481 e. The summed E-state index contributed by atoms with van der Waals surface area (Å²) in [6.45, 7) is 2.04. The summed E-state index contributed by atoms with van der Waals surface area (Å²) in [6, 6.07) is 0. The third-order valence-corrected chi connectivity index (χ3v) is 3.39. The second-order valence-electron chi connectivity index (χ2n) is 5.95. The summed E-state index contributed by atoms with van der Waals surface area (Å²) in [6.07, 6.45) is 21.2. The van der Waals surface area contributed by atoms with Gasteiger partial charge in [-0.3, -0.25) is 4.79 Å². The molecule has 0 aliphatic carbocycles. The first-order chi connectivity index (χ1) is 13.0. The Morgan fingerprint density at radius 2 is 1.26 bits per heavy atom. The van der Waals surface area contributed by atoms with Gasteiger partial charge in [0, 0.05) is 6.42 Å². The van der Waals surface area contributed by atoms with Gasteiger partial charge in [0.05, 0.1) is 18.3 Å². The van der Waals surface area contributed by atoms with Gasteiger partial charge in [0.15, 0.2) is 0 Å². The first-order valence-electron chi connectivity index (χ1n) is 9.21. The van der Waals surface area contributed by atoms with Crippen LogP contribution in [0.4, 0.5) is 0 Å². The van der Waals surface area contributed by atoms with Crippen LogP contribution in [0, 0.1) is 0 Å². The van der Waals surface area contributed by atoms with Crippen LogP contribution in [0.15, 0.2) is 72.9 Å². The molecule has 0 aromatic heterocycles. The minimum atomic E-state index is -0.931. The number of rotatable bonds is 14. The van der Waals surface area contributed by atoms with Gasteiger partial charge in [-0.1, -0.05) is 79.8 Å². The Balaban J connectivity index is 4.01. The molecule has 0 aromatic rings. The summed E-state index contributed by atoms with van der Waals surface area (Å²) in [5.41, 5.74) is 0. The Hall–Kier alpha value is -2.21. The molecule has 1 unspecified atom stereocenters. The molecule has 4 N–H and O–H groups in total. The Morgan fingerprint density at radius 3 is 1.81 bits per heavy atom. The SMILES string of the molecule is CCC=CC[C@H](O)C=CC=CCC(O)C=CC=CC=C[C@@H](O)CCC(=O)O. The standard InChI is InChI=1S/C22H32O5/c1-2-3-7-12-19(23)14-10-6-11-15-20(24)13-8-4-5-9-16-21(25)17-18-22(26)27/h3-11,13-14,16,19-21,23-25H,2,12,15,17-18H2,1H3,(H,26,27)/t19-,20?,21+/m0/s1. The lowest BCUT2D eigenvalue weighted by Gasteiger charge is -2.00. The molecule has 0 saturated heterocycles. The smallest absolute Gasteiger partial charge is 0.303 e. The molecule has 0 aliphatic rings. The van der Waals surface area contributed by atoms with E-state index < -0.39 is 24.3 Å². The van der Waals surface area contributed by atoms with Crippen molar-refractivity contribution >= 4 is 5.97 Å². The molecular weight excluding hydrogens is 344 g/mol. The zero-order valence-corrected chi connectivity index (χ0v) is 15.9. The van der Waals surface area contributed by atoms with Gasteiger partial charge < -0.3 is 20.4 Å². The van der Waals surface area contributed by atoms with Crippen LogP contribution in [0.5, 0.6) is 0 Å². The topological polar surface area (TPSA) is 98.0 Å². The highest BCUT2D eigenvalue weighted by Crippen LogP contribution is 2.00. The van der Waals surface area contributed by atoms with Crippen molar-refractivity contribution in [3.05, 3.63) is 72.9 Å². The predicted molar refractivity (Wildman–Crippen MR) is 109 cm³/mol. The van der Waals surface area contributed by atoms with Gasteiger partial charge in [-0.05, 0) is 25.7 Å². The van der Waals surface area contributed by atoms with Gasteiger partial charge >= 0.3 is 5.97 Å². The van der Waals surface area contributed by atoms with Crippen LogP contribution in [0.3, 0.4) is 0 Å². The lowest BCUT2D eigenvalue weighted by molar-refractivity contribution is -0.137. The van der Waals surface area contributed by atoms with E-state index in [1.54, 1.807) is 48.6 Å². The summed E-state index contributed by atoms with van der Waals surface area (Å²) < 4.78 is 0. The summed E-state index contributed by atoms with van der Waals surface area (Å²) >= 11 is 0. The predicted octanol–water partition coefficient (Wildman–Crippen LogP) is 3.46. The highest BCUT2D eigenvalue weighted by molar-refractivity contribution is 5.66. The van der Waals surface area contributed by atoms with E-state index in [2.05, 4.69) is 0 Å². The van der Waals surface area contributed by atoms with E-state index in [1.807, 2.05) is 25.2 Å². The molecule has 0 rings (SSSR count). The van der Waals surface area contributed by atoms with Crippen molar-refractivity contribution < 1.29 is 25.2 Å². The molecule has 5 heteroatoms. The molecule has 150 valence electrons. The van der Waals surface area contributed by atoms with Crippen molar-refractivity contribution in [3.8, 4) is 0 Å². The van der Waals surface area contributed by atoms with Crippen molar-refractivity contribution in [2.24, 2.45) is 0 Å². The lowest BCUT2D eigenvalue weighted by Crippen LogP contribution is -2.05. The molecule has 0 heterocycles. The molecule has 0 aromatic carbocycles. The minimum absolute atomic E-state index is 0.0705. The highest BCUT2D eigenvalue weighted by atomic mass is 16.4. The van der Waals surface area contributed by atoms with Gasteiger partial charge in [-0.15, -0.1) is 0 Å². The number of allylic oxidation sites excluding steroid dienone is 7. The average molecular weight is 376 g/mol. The molecule has 3 atom stereocenters. The molecule has 0 amide bonds. The summed E-state index contributed by atoms with van der Waals surface area (Å²) in [5, 5.41) is 37.5. The van der Waals surface area contributed by atoms with Crippen LogP contribution < -0.4 is 0 Å². The number of hydrogen-bond acceptors (Lipinski definition) is 4. The van der Waals surface area contributed by atoms with Crippen molar-refractivity contribution in [2.75, 3.05) is 0 Å².